The van der Waals surface area contributed by atoms with Gasteiger partial charge in [0, 0.05) is 0 Å². The maximum absolute atomic E-state index is 7.75. The van der Waals surface area contributed by atoms with Gasteiger partial charge in [-0.2, -0.15) is 5.26 Å². The fraction of sp³-hybridized carbons (Fsp3) is 0.500. The molecular weight excluding hydrogens is 150 g/mol. The van der Waals surface area contributed by atoms with Gasteiger partial charge in [0.05, 0.1) is 4.66 Å². The first-order valence-corrected chi connectivity index (χ1v) is 3.09. The molecule has 0 radical (unpaired) electrons. The molecule has 0 saturated heterocycles. The number of thioether (sulfide) groups is 1. The minimum atomic E-state index is 0.712. The number of hydrogen-bond acceptors (Lipinski definition) is 2. The highest BCUT2D eigenvalue weighted by atomic mass is 79.9. The number of halogens is 1. The highest BCUT2D eigenvalue weighted by molar-refractivity contribution is 9.11. The normalized spacial score (nSPS) is 6.40. The van der Waals surface area contributed by atoms with Gasteiger partial charge in [-0.15, -0.1) is 0 Å². The van der Waals surface area contributed by atoms with E-state index in [0.29, 0.717) is 4.66 Å². The summed E-state index contributed by atoms with van der Waals surface area (Å²) in [5.74, 6) is 0. The predicted octanol–water partition coefficient (Wildman–Crippen LogP) is 1.55. The summed E-state index contributed by atoms with van der Waals surface area (Å²) in [6.07, 6.45) is 0. The van der Waals surface area contributed by atoms with Crippen LogP contribution in [0.5, 0.6) is 0 Å². The Labute approximate surface area is 43.5 Å². The number of thiocyanates is 1. The molecule has 0 heterocycles. The molecule has 0 aliphatic rings. The van der Waals surface area contributed by atoms with Gasteiger partial charge in [0.1, 0.15) is 5.40 Å². The van der Waals surface area contributed by atoms with Crippen LogP contribution < -0.4 is 0 Å². The van der Waals surface area contributed by atoms with E-state index in [2.05, 4.69) is 15.9 Å². The van der Waals surface area contributed by atoms with Gasteiger partial charge in [-0.05, 0) is 11.8 Å². The van der Waals surface area contributed by atoms with Crippen molar-refractivity contribution >= 4 is 27.7 Å². The second-order valence-corrected chi connectivity index (χ2v) is 2.41. The van der Waals surface area contributed by atoms with Crippen LogP contribution in [0.3, 0.4) is 0 Å². The number of rotatable bonds is 1. The molecule has 0 amide bonds. The van der Waals surface area contributed by atoms with Crippen molar-refractivity contribution in [1.29, 1.82) is 5.26 Å². The van der Waals surface area contributed by atoms with Gasteiger partial charge in [0.15, 0.2) is 0 Å². The van der Waals surface area contributed by atoms with Crippen molar-refractivity contribution in [3.63, 3.8) is 0 Å². The zero-order valence-electron chi connectivity index (χ0n) is 2.44. The quantitative estimate of drug-likeness (QED) is 0.420. The van der Waals surface area contributed by atoms with Gasteiger partial charge in [0.25, 0.3) is 0 Å². The molecule has 0 aromatic rings. The average Bonchev–Trinajstić information content (AvgIpc) is 1.41. The van der Waals surface area contributed by atoms with E-state index in [4.69, 9.17) is 5.26 Å². The second kappa shape index (κ2) is 4.32. The molecule has 0 rings (SSSR count). The topological polar surface area (TPSA) is 23.8 Å². The first kappa shape index (κ1) is 5.32. The lowest BCUT2D eigenvalue weighted by atomic mass is 11.8. The Hall–Kier alpha value is 0.320. The molecule has 0 unspecified atom stereocenters. The molecule has 0 aliphatic heterocycles. The Kier molecular flexibility index (Phi) is 4.60. The van der Waals surface area contributed by atoms with Crippen LogP contribution in [0.4, 0.5) is 0 Å². The zero-order valence-corrected chi connectivity index (χ0v) is 4.84. The highest BCUT2D eigenvalue weighted by Crippen LogP contribution is 1.98. The molecule has 0 bridgehead atoms. The van der Waals surface area contributed by atoms with Crippen LogP contribution in [0, 0.1) is 10.7 Å². The van der Waals surface area contributed by atoms with Gasteiger partial charge in [0.2, 0.25) is 0 Å². The summed E-state index contributed by atoms with van der Waals surface area (Å²) in [5.41, 5.74) is 0. The van der Waals surface area contributed by atoms with E-state index in [0.717, 1.165) is 0 Å². The van der Waals surface area contributed by atoms with Crippen molar-refractivity contribution in [2.75, 3.05) is 4.66 Å². The van der Waals surface area contributed by atoms with Gasteiger partial charge in [-0.3, -0.25) is 0 Å². The Morgan fingerprint density at radius 1 is 2.00 bits per heavy atom. The summed E-state index contributed by atoms with van der Waals surface area (Å²) in [4.78, 5) is 0. The fourth-order valence-electron chi connectivity index (χ4n) is 0.0244. The van der Waals surface area contributed by atoms with Crippen LogP contribution >= 0.6 is 27.7 Å². The molecule has 0 N–H and O–H groups in total. The summed E-state index contributed by atoms with van der Waals surface area (Å²) < 4.78 is 0.712. The summed E-state index contributed by atoms with van der Waals surface area (Å²) in [6.45, 7) is 0. The van der Waals surface area contributed by atoms with Gasteiger partial charge in [-0.25, -0.2) is 0 Å². The highest BCUT2D eigenvalue weighted by Gasteiger charge is 1.67. The largest absolute Gasteiger partial charge is 0.185 e. The molecule has 1 nitrogen and oxygen atoms in total. The smallest absolute Gasteiger partial charge is 0.134 e. The van der Waals surface area contributed by atoms with Crippen LogP contribution in [0.15, 0.2) is 0 Å². The second-order valence-electron chi connectivity index (χ2n) is 0.345. The van der Waals surface area contributed by atoms with Crippen LogP contribution in [0.25, 0.3) is 0 Å². The molecule has 0 saturated carbocycles. The molecular formula is C2H2BrNS. The Balaban J connectivity index is 2.48. The molecule has 0 aromatic heterocycles. The maximum atomic E-state index is 7.75. The monoisotopic (exact) mass is 151 g/mol. The van der Waals surface area contributed by atoms with Crippen LogP contribution in [0.1, 0.15) is 0 Å². The minimum absolute atomic E-state index is 0.712. The summed E-state index contributed by atoms with van der Waals surface area (Å²) in [7, 11) is 0. The van der Waals surface area contributed by atoms with Crippen LogP contribution in [-0.2, 0) is 0 Å². The summed E-state index contributed by atoms with van der Waals surface area (Å²) >= 11 is 4.24. The molecule has 0 aromatic carbocycles. The molecule has 0 aliphatic carbocycles. The van der Waals surface area contributed by atoms with Gasteiger partial charge in [-0.1, -0.05) is 15.9 Å². The van der Waals surface area contributed by atoms with Crippen LogP contribution in [0.2, 0.25) is 0 Å². The van der Waals surface area contributed by atoms with Crippen molar-refractivity contribution < 1.29 is 0 Å². The molecule has 0 atom stereocenters. The molecule has 0 fully saturated rings. The first-order chi connectivity index (χ1) is 2.41. The van der Waals surface area contributed by atoms with Gasteiger partial charge < -0.3 is 0 Å². The number of hydrogen-bond donors (Lipinski definition) is 0. The van der Waals surface area contributed by atoms with Crippen molar-refractivity contribution in [3.05, 3.63) is 0 Å². The van der Waals surface area contributed by atoms with Crippen molar-refractivity contribution in [2.45, 2.75) is 0 Å². The number of nitriles is 1. The van der Waals surface area contributed by atoms with Crippen LogP contribution in [-0.4, -0.2) is 4.66 Å². The lowest BCUT2D eigenvalue weighted by Gasteiger charge is -1.63. The van der Waals surface area contributed by atoms with E-state index < -0.39 is 0 Å². The first-order valence-electron chi connectivity index (χ1n) is 0.984. The molecule has 0 spiro atoms. The van der Waals surface area contributed by atoms with Crippen molar-refractivity contribution in [2.24, 2.45) is 0 Å². The maximum Gasteiger partial charge on any atom is 0.134 e. The molecule has 28 valence electrons. The summed E-state index contributed by atoms with van der Waals surface area (Å²) in [6, 6.07) is 0. The van der Waals surface area contributed by atoms with E-state index in [-0.39, 0.29) is 0 Å². The Morgan fingerprint density at radius 2 is 2.60 bits per heavy atom. The molecule has 3 heteroatoms. The van der Waals surface area contributed by atoms with E-state index in [1.54, 1.807) is 0 Å². The number of alkyl halides is 1. The number of nitrogens with zero attached hydrogens (tertiary/aromatic N) is 1. The average molecular weight is 152 g/mol. The Morgan fingerprint density at radius 3 is 2.60 bits per heavy atom. The lowest BCUT2D eigenvalue weighted by molar-refractivity contribution is 1.57. The third-order valence-electron chi connectivity index (χ3n) is 0.119. The SMILES string of the molecule is N#CSCBr. The lowest BCUT2D eigenvalue weighted by Crippen LogP contribution is -1.44. The fourth-order valence-corrected chi connectivity index (χ4v) is 0.380. The third-order valence-corrected chi connectivity index (χ3v) is 1.04. The summed E-state index contributed by atoms with van der Waals surface area (Å²) in [5, 5.41) is 9.64. The minimum Gasteiger partial charge on any atom is -0.185 e. The van der Waals surface area contributed by atoms with E-state index in [1.807, 2.05) is 5.40 Å². The Bertz CT molecular complexity index is 48.1. The zero-order chi connectivity index (χ0) is 4.12. The predicted molar refractivity (Wildman–Crippen MR) is 27.0 cm³/mol. The van der Waals surface area contributed by atoms with Crippen molar-refractivity contribution in [3.8, 4) is 5.40 Å². The standard InChI is InChI=1S/C2H2BrNS/c3-1-5-2-4/h1H2. The van der Waals surface area contributed by atoms with E-state index >= 15 is 0 Å². The molecule has 5 heavy (non-hydrogen) atoms. The third kappa shape index (κ3) is 4.32. The van der Waals surface area contributed by atoms with E-state index in [9.17, 15) is 0 Å². The van der Waals surface area contributed by atoms with E-state index in [1.165, 1.54) is 11.8 Å². The van der Waals surface area contributed by atoms with Gasteiger partial charge >= 0.3 is 0 Å². The van der Waals surface area contributed by atoms with Crippen molar-refractivity contribution in [1.82, 2.24) is 0 Å².